The van der Waals surface area contributed by atoms with Crippen molar-refractivity contribution < 1.29 is 0 Å². The van der Waals surface area contributed by atoms with Crippen molar-refractivity contribution in [2.45, 2.75) is 33.1 Å². The van der Waals surface area contributed by atoms with Gasteiger partial charge in [0.2, 0.25) is 0 Å². The summed E-state index contributed by atoms with van der Waals surface area (Å²) in [5.74, 6) is 0.714. The fourth-order valence-electron chi connectivity index (χ4n) is 1.35. The van der Waals surface area contributed by atoms with Crippen molar-refractivity contribution in [2.75, 3.05) is 13.6 Å². The third kappa shape index (κ3) is 4.20. The number of hydrogen-bond acceptors (Lipinski definition) is 3. The van der Waals surface area contributed by atoms with Crippen LogP contribution in [0.4, 0.5) is 0 Å². The summed E-state index contributed by atoms with van der Waals surface area (Å²) in [5.41, 5.74) is 0. The summed E-state index contributed by atoms with van der Waals surface area (Å²) in [6.45, 7) is 5.57. The Hall–Kier alpha value is -0.410. The summed E-state index contributed by atoms with van der Waals surface area (Å²) in [4.78, 5) is 5.86. The molecule has 0 spiro atoms. The Kier molecular flexibility index (Phi) is 5.12. The van der Waals surface area contributed by atoms with Gasteiger partial charge in [-0.05, 0) is 32.4 Å². The van der Waals surface area contributed by atoms with Gasteiger partial charge in [0.15, 0.2) is 0 Å². The van der Waals surface area contributed by atoms with E-state index in [1.54, 1.807) is 0 Å². The lowest BCUT2D eigenvalue weighted by Crippen LogP contribution is -2.07. The Bertz CT molecular complexity index is 256. The number of rotatable bonds is 6. The molecule has 80 valence electrons. The molecule has 0 fully saturated rings. The lowest BCUT2D eigenvalue weighted by molar-refractivity contribution is 0.644. The number of nitrogens with one attached hydrogen (secondary N) is 1. The van der Waals surface area contributed by atoms with Gasteiger partial charge in [-0.3, -0.25) is 0 Å². The van der Waals surface area contributed by atoms with E-state index in [9.17, 15) is 0 Å². The summed E-state index contributed by atoms with van der Waals surface area (Å²) < 4.78 is 0. The molecular formula is C11H20N2S. The van der Waals surface area contributed by atoms with Crippen LogP contribution in [0.3, 0.4) is 0 Å². The van der Waals surface area contributed by atoms with Crippen LogP contribution in [-0.2, 0) is 12.8 Å². The highest BCUT2D eigenvalue weighted by molar-refractivity contribution is 7.11. The van der Waals surface area contributed by atoms with E-state index in [-0.39, 0.29) is 0 Å². The third-order valence-corrected chi connectivity index (χ3v) is 3.11. The third-order valence-electron chi connectivity index (χ3n) is 2.03. The van der Waals surface area contributed by atoms with Crippen LogP contribution < -0.4 is 5.32 Å². The minimum Gasteiger partial charge on any atom is -0.320 e. The molecule has 0 aliphatic rings. The summed E-state index contributed by atoms with van der Waals surface area (Å²) in [6, 6.07) is 0. The minimum absolute atomic E-state index is 0.714. The molecule has 1 N–H and O–H groups in total. The van der Waals surface area contributed by atoms with E-state index in [1.165, 1.54) is 16.3 Å². The van der Waals surface area contributed by atoms with Gasteiger partial charge in [-0.15, -0.1) is 11.3 Å². The quantitative estimate of drug-likeness (QED) is 0.733. The second kappa shape index (κ2) is 6.14. The van der Waals surface area contributed by atoms with Gasteiger partial charge in [0, 0.05) is 17.5 Å². The molecule has 0 bridgehead atoms. The SMILES string of the molecule is CNCCCc1cnc(CC(C)C)s1. The van der Waals surface area contributed by atoms with Crippen molar-refractivity contribution in [1.29, 1.82) is 0 Å². The molecule has 1 aromatic heterocycles. The normalized spacial score (nSPS) is 11.1. The van der Waals surface area contributed by atoms with E-state index in [0.29, 0.717) is 5.92 Å². The number of hydrogen-bond donors (Lipinski definition) is 1. The van der Waals surface area contributed by atoms with Gasteiger partial charge in [0.1, 0.15) is 0 Å². The van der Waals surface area contributed by atoms with E-state index in [1.807, 2.05) is 24.6 Å². The summed E-state index contributed by atoms with van der Waals surface area (Å²) >= 11 is 1.87. The standard InChI is InChI=1S/C11H20N2S/c1-9(2)7-11-13-8-10(14-11)5-4-6-12-3/h8-9,12H,4-7H2,1-3H3. The van der Waals surface area contributed by atoms with Gasteiger partial charge in [0.25, 0.3) is 0 Å². The predicted octanol–water partition coefficient (Wildman–Crippen LogP) is 2.49. The Morgan fingerprint density at radius 1 is 1.50 bits per heavy atom. The topological polar surface area (TPSA) is 24.9 Å². The first kappa shape index (κ1) is 11.7. The maximum absolute atomic E-state index is 4.43. The second-order valence-corrected chi connectivity index (χ2v) is 5.23. The predicted molar refractivity (Wildman–Crippen MR) is 62.9 cm³/mol. The molecule has 1 aromatic rings. The Morgan fingerprint density at radius 3 is 2.93 bits per heavy atom. The molecule has 0 amide bonds. The van der Waals surface area contributed by atoms with Crippen molar-refractivity contribution in [3.8, 4) is 0 Å². The van der Waals surface area contributed by atoms with Gasteiger partial charge in [-0.1, -0.05) is 13.8 Å². The Morgan fingerprint density at radius 2 is 2.29 bits per heavy atom. The molecule has 1 rings (SSSR count). The molecule has 1 heterocycles. The van der Waals surface area contributed by atoms with Crippen LogP contribution in [0.15, 0.2) is 6.20 Å². The van der Waals surface area contributed by atoms with Crippen LogP contribution in [0.25, 0.3) is 0 Å². The van der Waals surface area contributed by atoms with Crippen LogP contribution in [0, 0.1) is 5.92 Å². The molecule has 0 aromatic carbocycles. The van der Waals surface area contributed by atoms with Gasteiger partial charge < -0.3 is 5.32 Å². The maximum Gasteiger partial charge on any atom is 0.0930 e. The lowest BCUT2D eigenvalue weighted by Gasteiger charge is -1.98. The molecule has 0 unspecified atom stereocenters. The number of aryl methyl sites for hydroxylation is 1. The van der Waals surface area contributed by atoms with Crippen LogP contribution in [0.5, 0.6) is 0 Å². The first-order chi connectivity index (χ1) is 6.72. The van der Waals surface area contributed by atoms with Gasteiger partial charge in [-0.2, -0.15) is 0 Å². The Labute approximate surface area is 90.8 Å². The maximum atomic E-state index is 4.43. The van der Waals surface area contributed by atoms with E-state index >= 15 is 0 Å². The van der Waals surface area contributed by atoms with Crippen LogP contribution in [0.2, 0.25) is 0 Å². The molecule has 2 nitrogen and oxygen atoms in total. The average Bonchev–Trinajstić information content (AvgIpc) is 2.52. The summed E-state index contributed by atoms with van der Waals surface area (Å²) in [5, 5.41) is 4.45. The van der Waals surface area contributed by atoms with Crippen molar-refractivity contribution >= 4 is 11.3 Å². The zero-order chi connectivity index (χ0) is 10.4. The smallest absolute Gasteiger partial charge is 0.0930 e. The zero-order valence-electron chi connectivity index (χ0n) is 9.34. The lowest BCUT2D eigenvalue weighted by atomic mass is 10.1. The number of nitrogens with zero attached hydrogens (tertiary/aromatic N) is 1. The number of aromatic nitrogens is 1. The molecule has 0 aliphatic carbocycles. The molecule has 3 heteroatoms. The Balaban J connectivity index is 2.35. The van der Waals surface area contributed by atoms with E-state index < -0.39 is 0 Å². The first-order valence-electron chi connectivity index (χ1n) is 5.30. The zero-order valence-corrected chi connectivity index (χ0v) is 10.2. The highest BCUT2D eigenvalue weighted by Gasteiger charge is 2.03. The molecule has 0 atom stereocenters. The van der Waals surface area contributed by atoms with Gasteiger partial charge in [-0.25, -0.2) is 4.98 Å². The summed E-state index contributed by atoms with van der Waals surface area (Å²) in [6.07, 6.45) is 5.53. The number of thiazole rings is 1. The molecule has 0 saturated carbocycles. The average molecular weight is 212 g/mol. The summed E-state index contributed by atoms with van der Waals surface area (Å²) in [7, 11) is 2.00. The van der Waals surface area contributed by atoms with Gasteiger partial charge in [0.05, 0.1) is 5.01 Å². The van der Waals surface area contributed by atoms with E-state index in [4.69, 9.17) is 0 Å². The highest BCUT2D eigenvalue weighted by Crippen LogP contribution is 2.17. The highest BCUT2D eigenvalue weighted by atomic mass is 32.1. The second-order valence-electron chi connectivity index (χ2n) is 4.03. The molecule has 0 aliphatic heterocycles. The molecule has 0 radical (unpaired) electrons. The van der Waals surface area contributed by atoms with Crippen molar-refractivity contribution in [1.82, 2.24) is 10.3 Å². The van der Waals surface area contributed by atoms with Crippen molar-refractivity contribution in [3.63, 3.8) is 0 Å². The van der Waals surface area contributed by atoms with Crippen LogP contribution in [-0.4, -0.2) is 18.6 Å². The van der Waals surface area contributed by atoms with E-state index in [0.717, 1.165) is 19.4 Å². The van der Waals surface area contributed by atoms with Crippen molar-refractivity contribution in [3.05, 3.63) is 16.1 Å². The van der Waals surface area contributed by atoms with Crippen LogP contribution in [0.1, 0.15) is 30.2 Å². The molecular weight excluding hydrogens is 192 g/mol. The van der Waals surface area contributed by atoms with E-state index in [2.05, 4.69) is 24.1 Å². The first-order valence-corrected chi connectivity index (χ1v) is 6.12. The van der Waals surface area contributed by atoms with Crippen LogP contribution >= 0.6 is 11.3 Å². The minimum atomic E-state index is 0.714. The monoisotopic (exact) mass is 212 g/mol. The van der Waals surface area contributed by atoms with Gasteiger partial charge >= 0.3 is 0 Å². The fraction of sp³-hybridized carbons (Fsp3) is 0.727. The molecule has 0 saturated heterocycles. The fourth-order valence-corrected chi connectivity index (χ4v) is 2.52. The largest absolute Gasteiger partial charge is 0.320 e. The van der Waals surface area contributed by atoms with Crippen molar-refractivity contribution in [2.24, 2.45) is 5.92 Å². The molecule has 14 heavy (non-hydrogen) atoms.